The van der Waals surface area contributed by atoms with Gasteiger partial charge in [-0.25, -0.2) is 15.0 Å². The van der Waals surface area contributed by atoms with E-state index in [1.165, 1.54) is 0 Å². The first kappa shape index (κ1) is 22.1. The van der Waals surface area contributed by atoms with Crippen molar-refractivity contribution in [1.82, 2.24) is 40.0 Å². The predicted molar refractivity (Wildman–Crippen MR) is 139 cm³/mol. The number of nitrogens with zero attached hydrogens (tertiary/aromatic N) is 7. The molecule has 11 nitrogen and oxygen atoms in total. The molecule has 1 fully saturated rings. The number of hydrogen-bond acceptors (Lipinski definition) is 8. The maximum Gasteiger partial charge on any atom is 0.224 e. The van der Waals surface area contributed by atoms with Gasteiger partial charge in [-0.2, -0.15) is 5.10 Å². The first-order chi connectivity index (χ1) is 17.6. The van der Waals surface area contributed by atoms with Crippen LogP contribution in [-0.4, -0.2) is 79.2 Å². The van der Waals surface area contributed by atoms with Crippen LogP contribution in [0.4, 0.5) is 11.5 Å². The summed E-state index contributed by atoms with van der Waals surface area (Å²) in [7, 11) is 2.14. The van der Waals surface area contributed by atoms with Gasteiger partial charge in [-0.1, -0.05) is 6.92 Å². The van der Waals surface area contributed by atoms with Crippen LogP contribution < -0.4 is 10.2 Å². The molecule has 0 spiro atoms. The number of fused-ring (bicyclic) bond motifs is 2. The summed E-state index contributed by atoms with van der Waals surface area (Å²) >= 11 is 0. The number of carbonyl (C=O) groups excluding carboxylic acids is 1. The molecule has 6 rings (SSSR count). The highest BCUT2D eigenvalue weighted by Gasteiger charge is 2.21. The van der Waals surface area contributed by atoms with Gasteiger partial charge in [0.15, 0.2) is 17.3 Å². The molecule has 0 saturated carbocycles. The van der Waals surface area contributed by atoms with Gasteiger partial charge in [-0.05, 0) is 25.2 Å². The van der Waals surface area contributed by atoms with Crippen molar-refractivity contribution in [1.29, 1.82) is 0 Å². The second kappa shape index (κ2) is 9.00. The van der Waals surface area contributed by atoms with Gasteiger partial charge >= 0.3 is 0 Å². The van der Waals surface area contributed by atoms with E-state index in [4.69, 9.17) is 4.98 Å². The van der Waals surface area contributed by atoms with E-state index in [-0.39, 0.29) is 5.91 Å². The fourth-order valence-electron chi connectivity index (χ4n) is 4.44. The van der Waals surface area contributed by atoms with Gasteiger partial charge in [0, 0.05) is 62.3 Å². The lowest BCUT2D eigenvalue weighted by atomic mass is 10.1. The van der Waals surface area contributed by atoms with Gasteiger partial charge in [0.2, 0.25) is 5.91 Å². The smallest absolute Gasteiger partial charge is 0.224 e. The van der Waals surface area contributed by atoms with E-state index in [2.05, 4.69) is 52.3 Å². The number of imidazole rings is 1. The van der Waals surface area contributed by atoms with Crippen molar-refractivity contribution in [3.8, 4) is 22.6 Å². The van der Waals surface area contributed by atoms with E-state index in [9.17, 15) is 4.79 Å². The summed E-state index contributed by atoms with van der Waals surface area (Å²) < 4.78 is 0. The van der Waals surface area contributed by atoms with Crippen molar-refractivity contribution in [2.45, 2.75) is 13.3 Å². The van der Waals surface area contributed by atoms with E-state index < -0.39 is 0 Å². The monoisotopic (exact) mass is 482 g/mol. The maximum atomic E-state index is 11.8. The molecular formula is C25H26N10O. The quantitative estimate of drug-likeness (QED) is 0.348. The highest BCUT2D eigenvalue weighted by molar-refractivity contribution is 5.96. The zero-order chi connectivity index (χ0) is 24.6. The maximum absolute atomic E-state index is 11.8. The number of aromatic amines is 2. The minimum Gasteiger partial charge on any atom is -0.352 e. The average Bonchev–Trinajstić information content (AvgIpc) is 3.53. The molecule has 0 aliphatic carbocycles. The fourth-order valence-corrected chi connectivity index (χ4v) is 4.44. The van der Waals surface area contributed by atoms with Gasteiger partial charge in [-0.3, -0.25) is 14.9 Å². The lowest BCUT2D eigenvalue weighted by Crippen LogP contribution is -2.44. The topological polar surface area (TPSA) is 132 Å². The van der Waals surface area contributed by atoms with E-state index in [0.717, 1.165) is 59.5 Å². The number of piperazine rings is 1. The lowest BCUT2D eigenvalue weighted by molar-refractivity contribution is -0.115. The van der Waals surface area contributed by atoms with Gasteiger partial charge < -0.3 is 20.1 Å². The second-order valence-electron chi connectivity index (χ2n) is 8.96. The Morgan fingerprint density at radius 1 is 1.08 bits per heavy atom. The Bertz CT molecular complexity index is 1560. The number of carbonyl (C=O) groups is 1. The minimum atomic E-state index is -0.0602. The number of H-pyrrole nitrogens is 2. The third kappa shape index (κ3) is 4.03. The standard InChI is InChI=1S/C25H26N10O/c1-3-20(36)29-17-10-15(12-26-14-17)16-11-18-21(32-33-23(18)28-13-16)24-30-19-4-5-27-25(22(19)31-24)35-8-6-34(2)7-9-35/h4-5,10-14H,3,6-9H2,1-2H3,(H,29,36)(H,30,31)(H,28,32,33). The van der Waals surface area contributed by atoms with Crippen LogP contribution in [0.2, 0.25) is 0 Å². The Balaban J connectivity index is 1.38. The summed E-state index contributed by atoms with van der Waals surface area (Å²) in [6.07, 6.45) is 7.37. The molecule has 1 saturated heterocycles. The first-order valence-electron chi connectivity index (χ1n) is 12.0. The van der Waals surface area contributed by atoms with Crippen molar-refractivity contribution < 1.29 is 4.79 Å². The summed E-state index contributed by atoms with van der Waals surface area (Å²) in [5.41, 5.74) is 5.45. The predicted octanol–water partition coefficient (Wildman–Crippen LogP) is 3.06. The molecule has 0 radical (unpaired) electrons. The van der Waals surface area contributed by atoms with E-state index in [1.807, 2.05) is 31.3 Å². The lowest BCUT2D eigenvalue weighted by Gasteiger charge is -2.33. The van der Waals surface area contributed by atoms with Crippen LogP contribution in [0.15, 0.2) is 43.0 Å². The summed E-state index contributed by atoms with van der Waals surface area (Å²) in [6.45, 7) is 5.62. The Hall–Kier alpha value is -4.38. The third-order valence-electron chi connectivity index (χ3n) is 6.50. The van der Waals surface area contributed by atoms with Gasteiger partial charge in [0.05, 0.1) is 22.8 Å². The molecule has 1 aliphatic heterocycles. The Labute approximate surface area is 207 Å². The number of hydrogen-bond donors (Lipinski definition) is 3. The number of amides is 1. The van der Waals surface area contributed by atoms with Crippen molar-refractivity contribution in [2.24, 2.45) is 0 Å². The second-order valence-corrected chi connectivity index (χ2v) is 8.96. The molecule has 1 aliphatic rings. The molecule has 5 aromatic heterocycles. The third-order valence-corrected chi connectivity index (χ3v) is 6.50. The first-order valence-corrected chi connectivity index (χ1v) is 12.0. The van der Waals surface area contributed by atoms with E-state index >= 15 is 0 Å². The largest absolute Gasteiger partial charge is 0.352 e. The summed E-state index contributed by atoms with van der Waals surface area (Å²) in [5, 5.41) is 11.2. The van der Waals surface area contributed by atoms with Crippen LogP contribution >= 0.6 is 0 Å². The van der Waals surface area contributed by atoms with Crippen molar-refractivity contribution in [3.05, 3.63) is 43.0 Å². The summed E-state index contributed by atoms with van der Waals surface area (Å²) in [5.74, 6) is 1.48. The van der Waals surface area contributed by atoms with Crippen LogP contribution in [0.5, 0.6) is 0 Å². The SMILES string of the molecule is CCC(=O)Nc1cncc(-c2cnc3[nH]nc(-c4nc5c(N6CCN(C)CC6)nccc5[nH]4)c3c2)c1. The molecule has 0 aromatic carbocycles. The highest BCUT2D eigenvalue weighted by Crippen LogP contribution is 2.31. The van der Waals surface area contributed by atoms with E-state index in [1.54, 1.807) is 18.6 Å². The zero-order valence-electron chi connectivity index (χ0n) is 20.1. The number of rotatable bonds is 5. The summed E-state index contributed by atoms with van der Waals surface area (Å²) in [6, 6.07) is 5.83. The number of anilines is 2. The Morgan fingerprint density at radius 2 is 1.92 bits per heavy atom. The van der Waals surface area contributed by atoms with Crippen LogP contribution in [-0.2, 0) is 4.79 Å². The van der Waals surface area contributed by atoms with Gasteiger partial charge in [0.1, 0.15) is 11.2 Å². The van der Waals surface area contributed by atoms with Gasteiger partial charge in [-0.15, -0.1) is 0 Å². The van der Waals surface area contributed by atoms with Crippen molar-refractivity contribution >= 4 is 39.5 Å². The molecule has 6 heterocycles. The number of pyridine rings is 3. The molecule has 11 heteroatoms. The summed E-state index contributed by atoms with van der Waals surface area (Å²) in [4.78, 5) is 38.2. The van der Waals surface area contributed by atoms with Gasteiger partial charge in [0.25, 0.3) is 0 Å². The Kier molecular flexibility index (Phi) is 5.53. The molecule has 0 bridgehead atoms. The number of nitrogens with one attached hydrogen (secondary N) is 3. The van der Waals surface area contributed by atoms with Crippen molar-refractivity contribution in [2.75, 3.05) is 43.4 Å². The minimum absolute atomic E-state index is 0.0602. The van der Waals surface area contributed by atoms with Crippen LogP contribution in [0, 0.1) is 0 Å². The van der Waals surface area contributed by atoms with E-state index in [0.29, 0.717) is 29.3 Å². The molecule has 182 valence electrons. The molecule has 3 N–H and O–H groups in total. The van der Waals surface area contributed by atoms with Crippen LogP contribution in [0.3, 0.4) is 0 Å². The molecule has 36 heavy (non-hydrogen) atoms. The molecular weight excluding hydrogens is 456 g/mol. The zero-order valence-corrected chi connectivity index (χ0v) is 20.1. The molecule has 5 aromatic rings. The molecule has 0 unspecified atom stereocenters. The molecule has 0 atom stereocenters. The highest BCUT2D eigenvalue weighted by atomic mass is 16.1. The normalized spacial score (nSPS) is 14.6. The number of likely N-dealkylation sites (N-methyl/N-ethyl adjacent to an activating group) is 1. The number of aromatic nitrogens is 7. The average molecular weight is 483 g/mol. The van der Waals surface area contributed by atoms with Crippen LogP contribution in [0.25, 0.3) is 44.7 Å². The molecule has 1 amide bonds. The fraction of sp³-hybridized carbons (Fsp3) is 0.280. The Morgan fingerprint density at radius 3 is 2.75 bits per heavy atom. The van der Waals surface area contributed by atoms with Crippen LogP contribution in [0.1, 0.15) is 13.3 Å². The van der Waals surface area contributed by atoms with Crippen molar-refractivity contribution in [3.63, 3.8) is 0 Å².